The van der Waals surface area contributed by atoms with Gasteiger partial charge < -0.3 is 14.8 Å². The smallest absolute Gasteiger partial charge is 0.175 e. The molecule has 0 saturated heterocycles. The van der Waals surface area contributed by atoms with Crippen molar-refractivity contribution in [2.45, 2.75) is 19.9 Å². The van der Waals surface area contributed by atoms with Crippen LogP contribution in [0.3, 0.4) is 0 Å². The highest BCUT2D eigenvalue weighted by molar-refractivity contribution is 9.10. The van der Waals surface area contributed by atoms with Crippen molar-refractivity contribution in [2.24, 2.45) is 0 Å². The number of hydrogen-bond acceptors (Lipinski definition) is 5. The highest BCUT2D eigenvalue weighted by Crippen LogP contribution is 2.41. The van der Waals surface area contributed by atoms with Crippen LogP contribution in [0.1, 0.15) is 19.0 Å². The first-order chi connectivity index (χ1) is 10.3. The molecule has 0 unspecified atom stereocenters. The Balaban J connectivity index is 1.90. The van der Waals surface area contributed by atoms with E-state index in [0.717, 1.165) is 51.7 Å². The maximum absolute atomic E-state index is 5.77. The molecule has 6 heteroatoms. The van der Waals surface area contributed by atoms with Gasteiger partial charge in [-0.1, -0.05) is 6.92 Å². The van der Waals surface area contributed by atoms with Crippen LogP contribution < -0.4 is 14.8 Å². The Kier molecular flexibility index (Phi) is 4.77. The Morgan fingerprint density at radius 3 is 3.05 bits per heavy atom. The average molecular weight is 369 g/mol. The molecule has 0 aliphatic carbocycles. The Bertz CT molecular complexity index is 630. The van der Waals surface area contributed by atoms with E-state index in [9.17, 15) is 0 Å². The summed E-state index contributed by atoms with van der Waals surface area (Å²) in [5, 5.41) is 6.38. The number of rotatable bonds is 4. The summed E-state index contributed by atoms with van der Waals surface area (Å²) in [5.74, 6) is 1.58. The van der Waals surface area contributed by atoms with E-state index in [1.54, 1.807) is 11.3 Å². The quantitative estimate of drug-likeness (QED) is 0.889. The molecule has 112 valence electrons. The normalized spacial score (nSPS) is 14.0. The molecule has 4 nitrogen and oxygen atoms in total. The summed E-state index contributed by atoms with van der Waals surface area (Å²) < 4.78 is 12.4. The van der Waals surface area contributed by atoms with E-state index in [0.29, 0.717) is 13.2 Å². The summed E-state index contributed by atoms with van der Waals surface area (Å²) >= 11 is 5.22. The van der Waals surface area contributed by atoms with Crippen molar-refractivity contribution in [1.82, 2.24) is 10.3 Å². The molecule has 0 fully saturated rings. The van der Waals surface area contributed by atoms with Crippen molar-refractivity contribution in [3.63, 3.8) is 0 Å². The fourth-order valence-corrected chi connectivity index (χ4v) is 3.49. The van der Waals surface area contributed by atoms with Crippen LogP contribution >= 0.6 is 27.3 Å². The van der Waals surface area contributed by atoms with E-state index >= 15 is 0 Å². The third-order valence-electron chi connectivity index (χ3n) is 3.16. The zero-order valence-electron chi connectivity index (χ0n) is 11.8. The van der Waals surface area contributed by atoms with Crippen LogP contribution in [-0.2, 0) is 6.54 Å². The monoisotopic (exact) mass is 368 g/mol. The minimum Gasteiger partial charge on any atom is -0.489 e. The van der Waals surface area contributed by atoms with Crippen LogP contribution in [0.15, 0.2) is 22.0 Å². The Hall–Kier alpha value is -1.11. The first kappa shape index (κ1) is 14.8. The van der Waals surface area contributed by atoms with Crippen molar-refractivity contribution in [3.05, 3.63) is 27.7 Å². The number of hydrogen-bond donors (Lipinski definition) is 1. The highest BCUT2D eigenvalue weighted by atomic mass is 79.9. The average Bonchev–Trinajstić information content (AvgIpc) is 2.82. The molecule has 0 atom stereocenters. The van der Waals surface area contributed by atoms with Gasteiger partial charge in [-0.25, -0.2) is 4.98 Å². The number of nitrogens with zero attached hydrogens (tertiary/aromatic N) is 1. The Labute approximate surface area is 136 Å². The van der Waals surface area contributed by atoms with Gasteiger partial charge in [0.15, 0.2) is 11.5 Å². The molecule has 1 aromatic carbocycles. The number of benzene rings is 1. The molecule has 0 bridgehead atoms. The number of fused-ring (bicyclic) bond motifs is 1. The van der Waals surface area contributed by atoms with Gasteiger partial charge in [0.1, 0.15) is 5.01 Å². The topological polar surface area (TPSA) is 43.4 Å². The summed E-state index contributed by atoms with van der Waals surface area (Å²) in [6.07, 6.45) is 0.903. The van der Waals surface area contributed by atoms with Gasteiger partial charge in [0.05, 0.1) is 23.4 Å². The van der Waals surface area contributed by atoms with Crippen LogP contribution in [0.25, 0.3) is 10.6 Å². The third-order valence-corrected chi connectivity index (χ3v) is 4.69. The summed E-state index contributed by atoms with van der Waals surface area (Å²) in [5.41, 5.74) is 2.12. The fourth-order valence-electron chi connectivity index (χ4n) is 2.13. The van der Waals surface area contributed by atoms with Crippen LogP contribution in [0.2, 0.25) is 0 Å². The van der Waals surface area contributed by atoms with Gasteiger partial charge in [-0.3, -0.25) is 0 Å². The number of thiazole rings is 1. The number of aromatic nitrogens is 1. The van der Waals surface area contributed by atoms with Crippen molar-refractivity contribution in [1.29, 1.82) is 0 Å². The Morgan fingerprint density at radius 2 is 2.19 bits per heavy atom. The zero-order chi connectivity index (χ0) is 14.7. The van der Waals surface area contributed by atoms with Crippen LogP contribution in [0.5, 0.6) is 11.5 Å². The maximum atomic E-state index is 5.77. The van der Waals surface area contributed by atoms with Gasteiger partial charge in [0.2, 0.25) is 0 Å². The SMILES string of the molecule is CCNCc1csc(-c2cc(Br)c3c(c2)OCCCO3)n1. The molecular weight excluding hydrogens is 352 g/mol. The molecule has 0 saturated carbocycles. The molecule has 0 amide bonds. The van der Waals surface area contributed by atoms with Crippen LogP contribution in [-0.4, -0.2) is 24.7 Å². The molecule has 0 radical (unpaired) electrons. The van der Waals surface area contributed by atoms with E-state index in [4.69, 9.17) is 9.47 Å². The van der Waals surface area contributed by atoms with Crippen molar-refractivity contribution in [3.8, 4) is 22.1 Å². The lowest BCUT2D eigenvalue weighted by Crippen LogP contribution is -2.11. The van der Waals surface area contributed by atoms with E-state index in [-0.39, 0.29) is 0 Å². The second-order valence-electron chi connectivity index (χ2n) is 4.76. The van der Waals surface area contributed by atoms with Gasteiger partial charge in [0.25, 0.3) is 0 Å². The molecular formula is C15H17BrN2O2S. The van der Waals surface area contributed by atoms with Gasteiger partial charge in [-0.15, -0.1) is 11.3 Å². The molecule has 1 aliphatic heterocycles. The lowest BCUT2D eigenvalue weighted by atomic mass is 10.2. The van der Waals surface area contributed by atoms with Crippen molar-refractivity contribution < 1.29 is 9.47 Å². The molecule has 21 heavy (non-hydrogen) atoms. The van der Waals surface area contributed by atoms with E-state index in [2.05, 4.69) is 38.5 Å². The van der Waals surface area contributed by atoms with Crippen molar-refractivity contribution in [2.75, 3.05) is 19.8 Å². The van der Waals surface area contributed by atoms with Crippen molar-refractivity contribution >= 4 is 27.3 Å². The molecule has 0 spiro atoms. The van der Waals surface area contributed by atoms with E-state index in [1.807, 2.05) is 12.1 Å². The second kappa shape index (κ2) is 6.77. The predicted octanol–water partition coefficient (Wildman–Crippen LogP) is 3.84. The largest absolute Gasteiger partial charge is 0.489 e. The molecule has 1 aromatic heterocycles. The number of ether oxygens (including phenoxy) is 2. The Morgan fingerprint density at radius 1 is 1.33 bits per heavy atom. The van der Waals surface area contributed by atoms with Gasteiger partial charge in [-0.2, -0.15) is 0 Å². The summed E-state index contributed by atoms with van der Waals surface area (Å²) in [6, 6.07) is 4.06. The predicted molar refractivity (Wildman–Crippen MR) is 88.2 cm³/mol. The third kappa shape index (κ3) is 3.39. The van der Waals surface area contributed by atoms with E-state index in [1.165, 1.54) is 0 Å². The fraction of sp³-hybridized carbons (Fsp3) is 0.400. The molecule has 1 aliphatic rings. The standard InChI is InChI=1S/C15H17BrN2O2S/c1-2-17-8-11-9-21-15(18-11)10-6-12(16)14-13(7-10)19-4-3-5-20-14/h6-7,9,17H,2-5,8H2,1H3. The molecule has 3 rings (SSSR count). The minimum absolute atomic E-state index is 0.687. The first-order valence-corrected chi connectivity index (χ1v) is 8.70. The maximum Gasteiger partial charge on any atom is 0.175 e. The van der Waals surface area contributed by atoms with Gasteiger partial charge >= 0.3 is 0 Å². The van der Waals surface area contributed by atoms with E-state index < -0.39 is 0 Å². The lowest BCUT2D eigenvalue weighted by Gasteiger charge is -2.10. The first-order valence-electron chi connectivity index (χ1n) is 7.02. The summed E-state index contributed by atoms with van der Waals surface area (Å²) in [4.78, 5) is 4.67. The van der Waals surface area contributed by atoms with Crippen LogP contribution in [0.4, 0.5) is 0 Å². The zero-order valence-corrected chi connectivity index (χ0v) is 14.2. The summed E-state index contributed by atoms with van der Waals surface area (Å²) in [7, 11) is 0. The molecule has 2 aromatic rings. The highest BCUT2D eigenvalue weighted by Gasteiger charge is 2.17. The summed E-state index contributed by atoms with van der Waals surface area (Å²) in [6.45, 7) is 5.22. The molecule has 1 N–H and O–H groups in total. The lowest BCUT2D eigenvalue weighted by molar-refractivity contribution is 0.296. The second-order valence-corrected chi connectivity index (χ2v) is 6.47. The van der Waals surface area contributed by atoms with Gasteiger partial charge in [0, 0.05) is 23.9 Å². The minimum atomic E-state index is 0.687. The number of halogens is 1. The number of nitrogens with one attached hydrogen (secondary N) is 1. The van der Waals surface area contributed by atoms with Crippen LogP contribution in [0, 0.1) is 0 Å². The molecule has 2 heterocycles. The van der Waals surface area contributed by atoms with Gasteiger partial charge in [-0.05, 0) is 34.6 Å².